The van der Waals surface area contributed by atoms with Gasteiger partial charge >= 0.3 is 24.4 Å². The Hall–Kier alpha value is -3.54. The van der Waals surface area contributed by atoms with Crippen LogP contribution < -0.4 is 14.8 Å². The maximum absolute atomic E-state index is 12.3. The van der Waals surface area contributed by atoms with E-state index < -0.39 is 36.6 Å². The summed E-state index contributed by atoms with van der Waals surface area (Å²) < 4.78 is 30.9. The van der Waals surface area contributed by atoms with Crippen molar-refractivity contribution in [3.63, 3.8) is 0 Å². The fourth-order valence-corrected chi connectivity index (χ4v) is 3.64. The summed E-state index contributed by atoms with van der Waals surface area (Å²) in [5, 5.41) is 12.6. The number of carboxylic acids is 1. The van der Waals surface area contributed by atoms with Crippen LogP contribution in [0.4, 0.5) is 14.4 Å². The molecule has 0 saturated carbocycles. The van der Waals surface area contributed by atoms with Gasteiger partial charge in [-0.05, 0) is 50.3 Å². The van der Waals surface area contributed by atoms with Gasteiger partial charge < -0.3 is 38.8 Å². The van der Waals surface area contributed by atoms with Crippen LogP contribution in [0.1, 0.15) is 91.0 Å². The summed E-state index contributed by atoms with van der Waals surface area (Å²) in [6.07, 6.45) is 4.30. The van der Waals surface area contributed by atoms with Crippen LogP contribution in [0.3, 0.4) is 0 Å². The number of carbonyl (C=O) groups excluding carboxylic acids is 3. The van der Waals surface area contributed by atoms with E-state index in [1.165, 1.54) is 12.1 Å². The van der Waals surface area contributed by atoms with E-state index in [0.717, 1.165) is 44.9 Å². The third kappa shape index (κ3) is 16.7. The predicted molar refractivity (Wildman–Crippen MR) is 154 cm³/mol. The van der Waals surface area contributed by atoms with E-state index in [-0.39, 0.29) is 44.3 Å². The molecule has 1 unspecified atom stereocenters. The topological polar surface area (TPSA) is 156 Å². The Morgan fingerprint density at radius 2 is 1.24 bits per heavy atom. The van der Waals surface area contributed by atoms with Crippen LogP contribution in [0.15, 0.2) is 18.2 Å². The van der Waals surface area contributed by atoms with Crippen molar-refractivity contribution < 1.29 is 52.7 Å². The second-order valence-electron chi connectivity index (χ2n) is 9.83. The van der Waals surface area contributed by atoms with Crippen LogP contribution in [0.25, 0.3) is 0 Å². The van der Waals surface area contributed by atoms with E-state index in [2.05, 4.69) is 5.32 Å². The van der Waals surface area contributed by atoms with Gasteiger partial charge in [0.2, 0.25) is 0 Å². The van der Waals surface area contributed by atoms with Crippen molar-refractivity contribution in [1.82, 2.24) is 5.32 Å². The van der Waals surface area contributed by atoms with Gasteiger partial charge in [0.1, 0.15) is 12.1 Å². The summed E-state index contributed by atoms with van der Waals surface area (Å²) in [6, 6.07) is 3.27. The first kappa shape index (κ1) is 36.5. The Kier molecular flexibility index (Phi) is 19.2. The van der Waals surface area contributed by atoms with E-state index in [0.29, 0.717) is 18.4 Å². The highest BCUT2D eigenvalue weighted by Crippen LogP contribution is 2.30. The van der Waals surface area contributed by atoms with Crippen molar-refractivity contribution in [1.29, 1.82) is 0 Å². The Balaban J connectivity index is 2.87. The molecule has 238 valence electrons. The van der Waals surface area contributed by atoms with Crippen LogP contribution in [-0.4, -0.2) is 68.1 Å². The molecule has 1 aromatic rings. The van der Waals surface area contributed by atoms with Gasteiger partial charge in [0.15, 0.2) is 11.5 Å². The standard InChI is InChI=1S/C30H47NO11/c1-5-8-11-16-37-28(34)40-22(4)21-31-24(27(32)33)19-23-14-15-25(41-29(35)38-17-12-9-6-2)26(20-23)42-30(36)39-18-13-10-7-3/h14-15,20,22,24,31H,5-13,16-19,21H2,1-4H3,(H,32,33)/t22?,24-/m0/s1. The second kappa shape index (κ2) is 22.1. The fraction of sp³-hybridized carbons (Fsp3) is 0.667. The molecule has 1 aromatic carbocycles. The number of aliphatic carboxylic acids is 1. The minimum Gasteiger partial charge on any atom is -0.480 e. The minimum absolute atomic E-state index is 0.0207. The van der Waals surface area contributed by atoms with Crippen LogP contribution in [0.2, 0.25) is 0 Å². The molecule has 0 heterocycles. The zero-order chi connectivity index (χ0) is 31.2. The molecule has 0 radical (unpaired) electrons. The van der Waals surface area contributed by atoms with Gasteiger partial charge in [-0.1, -0.05) is 65.4 Å². The number of hydrogen-bond donors (Lipinski definition) is 2. The number of unbranched alkanes of at least 4 members (excludes halogenated alkanes) is 6. The van der Waals surface area contributed by atoms with Crippen molar-refractivity contribution in [3.8, 4) is 11.5 Å². The number of carbonyl (C=O) groups is 4. The SMILES string of the molecule is CCCCCOC(=O)Oc1ccc(C[C@H](NCC(C)OC(=O)OCCCCC)C(=O)O)cc1OC(=O)OCCCCC. The summed E-state index contributed by atoms with van der Waals surface area (Å²) in [5.74, 6) is -1.34. The van der Waals surface area contributed by atoms with Crippen molar-refractivity contribution in [2.45, 2.75) is 104 Å². The van der Waals surface area contributed by atoms with Crippen molar-refractivity contribution in [3.05, 3.63) is 23.8 Å². The first-order valence-electron chi connectivity index (χ1n) is 14.8. The van der Waals surface area contributed by atoms with Gasteiger partial charge in [-0.2, -0.15) is 0 Å². The molecule has 0 amide bonds. The highest BCUT2D eigenvalue weighted by Gasteiger charge is 2.22. The maximum atomic E-state index is 12.3. The lowest BCUT2D eigenvalue weighted by Gasteiger charge is -2.19. The summed E-state index contributed by atoms with van der Waals surface area (Å²) in [5.41, 5.74) is 0.469. The zero-order valence-electron chi connectivity index (χ0n) is 25.3. The highest BCUT2D eigenvalue weighted by molar-refractivity contribution is 5.74. The molecule has 12 nitrogen and oxygen atoms in total. The summed E-state index contributed by atoms with van der Waals surface area (Å²) in [7, 11) is 0. The van der Waals surface area contributed by atoms with Crippen molar-refractivity contribution in [2.24, 2.45) is 0 Å². The first-order chi connectivity index (χ1) is 20.2. The van der Waals surface area contributed by atoms with Gasteiger partial charge in [0, 0.05) is 6.54 Å². The lowest BCUT2D eigenvalue weighted by atomic mass is 10.0. The average molecular weight is 598 g/mol. The van der Waals surface area contributed by atoms with E-state index in [4.69, 9.17) is 28.4 Å². The van der Waals surface area contributed by atoms with Gasteiger partial charge in [0.25, 0.3) is 0 Å². The predicted octanol–water partition coefficient (Wildman–Crippen LogP) is 6.42. The summed E-state index contributed by atoms with van der Waals surface area (Å²) in [4.78, 5) is 48.2. The molecule has 42 heavy (non-hydrogen) atoms. The normalized spacial score (nSPS) is 12.1. The largest absolute Gasteiger partial charge is 0.513 e. The molecule has 2 atom stereocenters. The zero-order valence-corrected chi connectivity index (χ0v) is 25.3. The van der Waals surface area contributed by atoms with Gasteiger partial charge in [0.05, 0.1) is 19.8 Å². The smallest absolute Gasteiger partial charge is 0.480 e. The molecule has 0 bridgehead atoms. The number of carboxylic acid groups (broad SMARTS) is 1. The Labute approximate surface area is 248 Å². The number of ether oxygens (including phenoxy) is 6. The van der Waals surface area contributed by atoms with Crippen LogP contribution >= 0.6 is 0 Å². The minimum atomic E-state index is -1.14. The lowest BCUT2D eigenvalue weighted by Crippen LogP contribution is -2.42. The Bertz CT molecular complexity index is 953. The summed E-state index contributed by atoms with van der Waals surface area (Å²) >= 11 is 0. The van der Waals surface area contributed by atoms with Crippen LogP contribution in [-0.2, 0) is 30.2 Å². The van der Waals surface area contributed by atoms with E-state index in [1.807, 2.05) is 20.8 Å². The summed E-state index contributed by atoms with van der Waals surface area (Å²) in [6.45, 7) is 8.37. The van der Waals surface area contributed by atoms with Gasteiger partial charge in [-0.25, -0.2) is 14.4 Å². The van der Waals surface area contributed by atoms with Gasteiger partial charge in [-0.3, -0.25) is 4.79 Å². The molecule has 0 aliphatic heterocycles. The second-order valence-corrected chi connectivity index (χ2v) is 9.83. The number of benzene rings is 1. The molecule has 0 spiro atoms. The van der Waals surface area contributed by atoms with Gasteiger partial charge in [-0.15, -0.1) is 0 Å². The molecule has 1 rings (SSSR count). The molecule has 2 N–H and O–H groups in total. The lowest BCUT2D eigenvalue weighted by molar-refractivity contribution is -0.139. The van der Waals surface area contributed by atoms with Crippen LogP contribution in [0.5, 0.6) is 11.5 Å². The Morgan fingerprint density at radius 3 is 1.74 bits per heavy atom. The fourth-order valence-electron chi connectivity index (χ4n) is 3.64. The first-order valence-corrected chi connectivity index (χ1v) is 14.8. The monoisotopic (exact) mass is 597 g/mol. The third-order valence-corrected chi connectivity index (χ3v) is 5.99. The van der Waals surface area contributed by atoms with Crippen LogP contribution in [0, 0.1) is 0 Å². The highest BCUT2D eigenvalue weighted by atomic mass is 16.7. The van der Waals surface area contributed by atoms with E-state index in [1.54, 1.807) is 13.0 Å². The van der Waals surface area contributed by atoms with E-state index >= 15 is 0 Å². The molecular weight excluding hydrogens is 550 g/mol. The Morgan fingerprint density at radius 1 is 0.738 bits per heavy atom. The van der Waals surface area contributed by atoms with Crippen molar-refractivity contribution in [2.75, 3.05) is 26.4 Å². The molecule has 0 fully saturated rings. The molecule has 0 aliphatic rings. The van der Waals surface area contributed by atoms with E-state index in [9.17, 15) is 24.3 Å². The maximum Gasteiger partial charge on any atom is 0.513 e. The molecular formula is C30H47NO11. The number of hydrogen-bond acceptors (Lipinski definition) is 11. The molecule has 0 saturated heterocycles. The number of rotatable bonds is 21. The number of nitrogens with one attached hydrogen (secondary N) is 1. The molecule has 0 aliphatic carbocycles. The molecule has 0 aromatic heterocycles. The third-order valence-electron chi connectivity index (χ3n) is 5.99. The van der Waals surface area contributed by atoms with Crippen molar-refractivity contribution >= 4 is 24.4 Å². The average Bonchev–Trinajstić information content (AvgIpc) is 2.95. The molecule has 12 heteroatoms. The quantitative estimate of drug-likeness (QED) is 0.0695.